The maximum atomic E-state index is 5.82. The first kappa shape index (κ1) is 10.8. The Balaban J connectivity index is 2.14. The zero-order valence-electron chi connectivity index (χ0n) is 9.13. The van der Waals surface area contributed by atoms with Crippen LogP contribution in [0.3, 0.4) is 0 Å². The SMILES string of the molecule is CCC(N)Cc1nc(-c2ccncc2)no1. The molecular weight excluding hydrogens is 204 g/mol. The summed E-state index contributed by atoms with van der Waals surface area (Å²) in [5.41, 5.74) is 6.71. The van der Waals surface area contributed by atoms with Crippen molar-refractivity contribution in [1.82, 2.24) is 15.1 Å². The smallest absolute Gasteiger partial charge is 0.228 e. The molecule has 2 aromatic rings. The van der Waals surface area contributed by atoms with Crippen LogP contribution in [0.15, 0.2) is 29.0 Å². The van der Waals surface area contributed by atoms with Gasteiger partial charge in [0.05, 0.1) is 0 Å². The van der Waals surface area contributed by atoms with Crippen LogP contribution >= 0.6 is 0 Å². The summed E-state index contributed by atoms with van der Waals surface area (Å²) in [6, 6.07) is 3.76. The van der Waals surface area contributed by atoms with Gasteiger partial charge in [0.15, 0.2) is 0 Å². The second-order valence-electron chi connectivity index (χ2n) is 3.62. The number of hydrogen-bond donors (Lipinski definition) is 1. The topological polar surface area (TPSA) is 77.8 Å². The molecular formula is C11H14N4O. The molecule has 0 amide bonds. The third kappa shape index (κ3) is 2.43. The van der Waals surface area contributed by atoms with Crippen molar-refractivity contribution in [3.63, 3.8) is 0 Å². The van der Waals surface area contributed by atoms with E-state index in [9.17, 15) is 0 Å². The van der Waals surface area contributed by atoms with Crippen molar-refractivity contribution in [1.29, 1.82) is 0 Å². The van der Waals surface area contributed by atoms with Gasteiger partial charge in [-0.25, -0.2) is 0 Å². The van der Waals surface area contributed by atoms with Gasteiger partial charge in [-0.2, -0.15) is 4.98 Å². The zero-order chi connectivity index (χ0) is 11.4. The predicted octanol–water partition coefficient (Wildman–Crippen LogP) is 1.41. The van der Waals surface area contributed by atoms with Crippen molar-refractivity contribution >= 4 is 0 Å². The Hall–Kier alpha value is -1.75. The average molecular weight is 218 g/mol. The van der Waals surface area contributed by atoms with E-state index in [1.807, 2.05) is 19.1 Å². The minimum atomic E-state index is 0.0748. The predicted molar refractivity (Wildman–Crippen MR) is 59.5 cm³/mol. The summed E-state index contributed by atoms with van der Waals surface area (Å²) in [4.78, 5) is 8.22. The number of nitrogens with two attached hydrogens (primary N) is 1. The van der Waals surface area contributed by atoms with Crippen LogP contribution in [-0.2, 0) is 6.42 Å². The number of pyridine rings is 1. The first-order valence-corrected chi connectivity index (χ1v) is 5.28. The molecule has 0 aliphatic rings. The highest BCUT2D eigenvalue weighted by Crippen LogP contribution is 2.14. The third-order valence-electron chi connectivity index (χ3n) is 2.37. The lowest BCUT2D eigenvalue weighted by atomic mass is 10.2. The van der Waals surface area contributed by atoms with Gasteiger partial charge >= 0.3 is 0 Å². The van der Waals surface area contributed by atoms with Gasteiger partial charge in [0.25, 0.3) is 0 Å². The maximum Gasteiger partial charge on any atom is 0.228 e. The highest BCUT2D eigenvalue weighted by Gasteiger charge is 2.10. The molecule has 0 aliphatic carbocycles. The summed E-state index contributed by atoms with van der Waals surface area (Å²) >= 11 is 0. The van der Waals surface area contributed by atoms with Gasteiger partial charge in [-0.05, 0) is 18.6 Å². The Bertz CT molecular complexity index is 440. The fourth-order valence-electron chi connectivity index (χ4n) is 1.32. The Morgan fingerprint density at radius 3 is 2.81 bits per heavy atom. The molecule has 2 rings (SSSR count). The van der Waals surface area contributed by atoms with Crippen molar-refractivity contribution in [2.45, 2.75) is 25.8 Å². The molecule has 1 atom stereocenters. The number of aromatic nitrogens is 3. The van der Waals surface area contributed by atoms with E-state index in [0.29, 0.717) is 18.1 Å². The van der Waals surface area contributed by atoms with Crippen molar-refractivity contribution in [2.24, 2.45) is 5.73 Å². The number of hydrogen-bond acceptors (Lipinski definition) is 5. The Morgan fingerprint density at radius 2 is 2.12 bits per heavy atom. The molecule has 0 fully saturated rings. The summed E-state index contributed by atoms with van der Waals surface area (Å²) in [6.07, 6.45) is 4.91. The lowest BCUT2D eigenvalue weighted by Crippen LogP contribution is -2.21. The highest BCUT2D eigenvalue weighted by molar-refractivity contribution is 5.52. The molecule has 1 unspecified atom stereocenters. The quantitative estimate of drug-likeness (QED) is 0.839. The molecule has 2 aromatic heterocycles. The Labute approximate surface area is 93.7 Å². The van der Waals surface area contributed by atoms with Crippen molar-refractivity contribution in [3.05, 3.63) is 30.4 Å². The zero-order valence-corrected chi connectivity index (χ0v) is 9.13. The summed E-state index contributed by atoms with van der Waals surface area (Å²) < 4.78 is 5.13. The van der Waals surface area contributed by atoms with Crippen molar-refractivity contribution < 1.29 is 4.52 Å². The fraction of sp³-hybridized carbons (Fsp3) is 0.364. The van der Waals surface area contributed by atoms with E-state index in [2.05, 4.69) is 15.1 Å². The molecule has 0 aliphatic heterocycles. The maximum absolute atomic E-state index is 5.82. The van der Waals surface area contributed by atoms with E-state index >= 15 is 0 Å². The van der Waals surface area contributed by atoms with Crippen LogP contribution in [0.4, 0.5) is 0 Å². The third-order valence-corrected chi connectivity index (χ3v) is 2.37. The molecule has 0 bridgehead atoms. The molecule has 84 valence electrons. The lowest BCUT2D eigenvalue weighted by molar-refractivity contribution is 0.368. The summed E-state index contributed by atoms with van der Waals surface area (Å²) in [7, 11) is 0. The summed E-state index contributed by atoms with van der Waals surface area (Å²) in [6.45, 7) is 2.03. The summed E-state index contributed by atoms with van der Waals surface area (Å²) in [5, 5.41) is 3.90. The largest absolute Gasteiger partial charge is 0.339 e. The van der Waals surface area contributed by atoms with Crippen LogP contribution in [0.25, 0.3) is 11.4 Å². The van der Waals surface area contributed by atoms with Gasteiger partial charge in [-0.1, -0.05) is 12.1 Å². The second-order valence-corrected chi connectivity index (χ2v) is 3.62. The molecule has 2 heterocycles. The first-order chi connectivity index (χ1) is 7.79. The standard InChI is InChI=1S/C11H14N4O/c1-2-9(12)7-10-14-11(15-16-10)8-3-5-13-6-4-8/h3-6,9H,2,7,12H2,1H3. The van der Waals surface area contributed by atoms with Crippen LogP contribution in [0.1, 0.15) is 19.2 Å². The van der Waals surface area contributed by atoms with Gasteiger partial charge in [-0.3, -0.25) is 4.98 Å². The minimum absolute atomic E-state index is 0.0748. The number of rotatable bonds is 4. The lowest BCUT2D eigenvalue weighted by Gasteiger charge is -2.02. The Morgan fingerprint density at radius 1 is 1.38 bits per heavy atom. The molecule has 5 nitrogen and oxygen atoms in total. The first-order valence-electron chi connectivity index (χ1n) is 5.28. The van der Waals surface area contributed by atoms with Gasteiger partial charge in [0, 0.05) is 30.4 Å². The Kier molecular flexibility index (Phi) is 3.26. The van der Waals surface area contributed by atoms with Gasteiger partial charge < -0.3 is 10.3 Å². The van der Waals surface area contributed by atoms with Crippen LogP contribution in [0.2, 0.25) is 0 Å². The van der Waals surface area contributed by atoms with E-state index in [-0.39, 0.29) is 6.04 Å². The van der Waals surface area contributed by atoms with E-state index < -0.39 is 0 Å². The van der Waals surface area contributed by atoms with Gasteiger partial charge in [0.1, 0.15) is 0 Å². The molecule has 0 spiro atoms. The molecule has 0 saturated carbocycles. The normalized spacial score (nSPS) is 12.6. The van der Waals surface area contributed by atoms with Crippen LogP contribution in [0.5, 0.6) is 0 Å². The molecule has 16 heavy (non-hydrogen) atoms. The van der Waals surface area contributed by atoms with E-state index in [1.165, 1.54) is 0 Å². The van der Waals surface area contributed by atoms with Gasteiger partial charge in [-0.15, -0.1) is 0 Å². The average Bonchev–Trinajstić information content (AvgIpc) is 2.78. The molecule has 0 saturated heterocycles. The van der Waals surface area contributed by atoms with Crippen LogP contribution < -0.4 is 5.73 Å². The molecule has 0 aromatic carbocycles. The summed E-state index contributed by atoms with van der Waals surface area (Å²) in [5.74, 6) is 1.17. The van der Waals surface area contributed by atoms with E-state index in [1.54, 1.807) is 12.4 Å². The van der Waals surface area contributed by atoms with E-state index in [0.717, 1.165) is 12.0 Å². The molecule has 2 N–H and O–H groups in total. The van der Waals surface area contributed by atoms with Gasteiger partial charge in [0.2, 0.25) is 11.7 Å². The van der Waals surface area contributed by atoms with E-state index in [4.69, 9.17) is 10.3 Å². The van der Waals surface area contributed by atoms with Crippen molar-refractivity contribution in [3.8, 4) is 11.4 Å². The minimum Gasteiger partial charge on any atom is -0.339 e. The fourth-order valence-corrected chi connectivity index (χ4v) is 1.32. The highest BCUT2D eigenvalue weighted by atomic mass is 16.5. The molecule has 5 heteroatoms. The second kappa shape index (κ2) is 4.85. The van der Waals surface area contributed by atoms with Crippen LogP contribution in [0, 0.1) is 0 Å². The number of nitrogens with zero attached hydrogens (tertiary/aromatic N) is 3. The van der Waals surface area contributed by atoms with Crippen molar-refractivity contribution in [2.75, 3.05) is 0 Å². The monoisotopic (exact) mass is 218 g/mol. The molecule has 0 radical (unpaired) electrons. The van der Waals surface area contributed by atoms with Crippen LogP contribution in [-0.4, -0.2) is 21.2 Å².